The third-order valence-corrected chi connectivity index (χ3v) is 5.98. The summed E-state index contributed by atoms with van der Waals surface area (Å²) in [4.78, 5) is 24.0. The number of carbonyl (C=O) groups is 2. The summed E-state index contributed by atoms with van der Waals surface area (Å²) in [5, 5.41) is 7.66. The first-order valence-electron chi connectivity index (χ1n) is 9.72. The van der Waals surface area contributed by atoms with Gasteiger partial charge >= 0.3 is 6.03 Å². The number of hydrogen-bond donors (Lipinski definition) is 4. The van der Waals surface area contributed by atoms with Crippen LogP contribution in [0.3, 0.4) is 0 Å². The van der Waals surface area contributed by atoms with E-state index in [1.54, 1.807) is 31.2 Å². The third kappa shape index (κ3) is 6.43. The molecule has 3 aromatic carbocycles. The van der Waals surface area contributed by atoms with E-state index in [0.717, 1.165) is 18.2 Å². The average Bonchev–Trinajstić information content (AvgIpc) is 2.76. The normalized spacial score (nSPS) is 10.9. The molecule has 0 fully saturated rings. The highest BCUT2D eigenvalue weighted by Crippen LogP contribution is 2.22. The second-order valence-corrected chi connectivity index (χ2v) is 8.87. The molecule has 3 aromatic rings. The Labute approximate surface area is 195 Å². The molecule has 0 saturated carbocycles. The minimum absolute atomic E-state index is 0.197. The smallest absolute Gasteiger partial charge is 0.319 e. The van der Waals surface area contributed by atoms with E-state index in [4.69, 9.17) is 11.6 Å². The zero-order valence-electron chi connectivity index (χ0n) is 17.4. The minimum Gasteiger partial charge on any atom is -0.338 e. The lowest BCUT2D eigenvalue weighted by Crippen LogP contribution is -2.28. The number of carbonyl (C=O) groups excluding carboxylic acids is 2. The Morgan fingerprint density at radius 1 is 0.909 bits per heavy atom. The van der Waals surface area contributed by atoms with Crippen LogP contribution in [0.5, 0.6) is 0 Å². The van der Waals surface area contributed by atoms with Gasteiger partial charge in [0.1, 0.15) is 5.82 Å². The summed E-state index contributed by atoms with van der Waals surface area (Å²) in [7, 11) is -3.99. The highest BCUT2D eigenvalue weighted by Gasteiger charge is 2.16. The summed E-state index contributed by atoms with van der Waals surface area (Å²) in [5.74, 6) is -1.15. The van der Waals surface area contributed by atoms with Crippen LogP contribution < -0.4 is 20.7 Å². The molecule has 0 bridgehead atoms. The van der Waals surface area contributed by atoms with Gasteiger partial charge in [0.15, 0.2) is 0 Å². The summed E-state index contributed by atoms with van der Waals surface area (Å²) >= 11 is 5.66. The van der Waals surface area contributed by atoms with Crippen molar-refractivity contribution in [3.8, 4) is 0 Å². The molecule has 3 rings (SSSR count). The number of urea groups is 1. The number of nitrogens with one attached hydrogen (secondary N) is 4. The largest absolute Gasteiger partial charge is 0.338 e. The minimum atomic E-state index is -3.99. The fourth-order valence-electron chi connectivity index (χ4n) is 2.76. The molecule has 0 heterocycles. The van der Waals surface area contributed by atoms with Gasteiger partial charge in [-0.2, -0.15) is 0 Å². The Morgan fingerprint density at radius 3 is 2.21 bits per heavy atom. The molecule has 8 nitrogen and oxygen atoms in total. The number of hydrogen-bond acceptors (Lipinski definition) is 4. The van der Waals surface area contributed by atoms with Crippen LogP contribution in [-0.2, 0) is 10.0 Å². The van der Waals surface area contributed by atoms with Gasteiger partial charge in [-0.15, -0.1) is 0 Å². The molecule has 0 radical (unpaired) electrons. The van der Waals surface area contributed by atoms with Gasteiger partial charge < -0.3 is 16.0 Å². The van der Waals surface area contributed by atoms with Gasteiger partial charge in [0.25, 0.3) is 15.9 Å². The van der Waals surface area contributed by atoms with E-state index in [9.17, 15) is 22.4 Å². The van der Waals surface area contributed by atoms with Gasteiger partial charge in [-0.3, -0.25) is 9.52 Å². The molecule has 0 atom stereocenters. The van der Waals surface area contributed by atoms with E-state index in [2.05, 4.69) is 20.7 Å². The Hall–Kier alpha value is -3.63. The van der Waals surface area contributed by atoms with E-state index in [1.807, 2.05) is 0 Å². The molecule has 33 heavy (non-hydrogen) atoms. The predicted molar refractivity (Wildman–Crippen MR) is 126 cm³/mol. The van der Waals surface area contributed by atoms with E-state index < -0.39 is 21.7 Å². The van der Waals surface area contributed by atoms with E-state index in [-0.39, 0.29) is 27.2 Å². The van der Waals surface area contributed by atoms with Crippen LogP contribution in [0.2, 0.25) is 5.02 Å². The van der Waals surface area contributed by atoms with Crippen LogP contribution in [0.4, 0.5) is 26.2 Å². The summed E-state index contributed by atoms with van der Waals surface area (Å²) in [5.41, 5.74) is 1.46. The molecule has 0 aliphatic carbocycles. The molecular weight excluding hydrogens is 471 g/mol. The van der Waals surface area contributed by atoms with Crippen molar-refractivity contribution < 1.29 is 22.4 Å². The lowest BCUT2D eigenvalue weighted by atomic mass is 10.2. The first-order chi connectivity index (χ1) is 15.7. The van der Waals surface area contributed by atoms with Gasteiger partial charge in [0.2, 0.25) is 0 Å². The predicted octanol–water partition coefficient (Wildman–Crippen LogP) is 4.67. The van der Waals surface area contributed by atoms with Gasteiger partial charge in [0, 0.05) is 29.2 Å². The zero-order chi connectivity index (χ0) is 24.0. The molecular formula is C22H20ClFN4O4S. The standard InChI is InChI=1S/C22H20ClFN4O4S/c1-2-25-22(30)27-17-5-3-4-16(12-17)26-21(29)14-6-8-15(9-7-14)28-33(31,32)18-10-11-20(24)19(23)13-18/h3-13,28H,2H2,1H3,(H,26,29)(H2,25,27,30). The van der Waals surface area contributed by atoms with Crippen molar-refractivity contribution in [1.82, 2.24) is 5.32 Å². The molecule has 0 aliphatic rings. The van der Waals surface area contributed by atoms with Gasteiger partial charge in [-0.05, 0) is 67.6 Å². The number of rotatable bonds is 7. The molecule has 0 unspecified atom stereocenters. The molecule has 0 saturated heterocycles. The van der Waals surface area contributed by atoms with Gasteiger partial charge in [-0.1, -0.05) is 17.7 Å². The maximum absolute atomic E-state index is 13.3. The molecule has 0 aliphatic heterocycles. The van der Waals surface area contributed by atoms with Crippen LogP contribution >= 0.6 is 11.6 Å². The molecule has 11 heteroatoms. The Morgan fingerprint density at radius 2 is 1.58 bits per heavy atom. The fourth-order valence-corrected chi connectivity index (χ4v) is 4.09. The summed E-state index contributed by atoms with van der Waals surface area (Å²) in [6, 6.07) is 15.1. The van der Waals surface area contributed by atoms with Crippen molar-refractivity contribution in [3.05, 3.63) is 83.1 Å². The lowest BCUT2D eigenvalue weighted by Gasteiger charge is -2.11. The molecule has 3 amide bonds. The van der Waals surface area contributed by atoms with Crippen molar-refractivity contribution in [2.45, 2.75) is 11.8 Å². The number of anilines is 3. The van der Waals surface area contributed by atoms with Crippen molar-refractivity contribution in [2.24, 2.45) is 0 Å². The maximum Gasteiger partial charge on any atom is 0.319 e. The third-order valence-electron chi connectivity index (χ3n) is 4.32. The van der Waals surface area contributed by atoms with Crippen molar-refractivity contribution in [3.63, 3.8) is 0 Å². The second-order valence-electron chi connectivity index (χ2n) is 6.78. The highest BCUT2D eigenvalue weighted by atomic mass is 35.5. The van der Waals surface area contributed by atoms with Crippen LogP contribution in [-0.4, -0.2) is 26.9 Å². The van der Waals surface area contributed by atoms with E-state index >= 15 is 0 Å². The SMILES string of the molecule is CCNC(=O)Nc1cccc(NC(=O)c2ccc(NS(=O)(=O)c3ccc(F)c(Cl)c3)cc2)c1. The first kappa shape index (κ1) is 24.0. The van der Waals surface area contributed by atoms with Gasteiger partial charge in [0.05, 0.1) is 9.92 Å². The van der Waals surface area contributed by atoms with Crippen LogP contribution in [0, 0.1) is 5.82 Å². The zero-order valence-corrected chi connectivity index (χ0v) is 18.9. The maximum atomic E-state index is 13.3. The lowest BCUT2D eigenvalue weighted by molar-refractivity contribution is 0.102. The number of sulfonamides is 1. The Balaban J connectivity index is 1.67. The average molecular weight is 491 g/mol. The summed E-state index contributed by atoms with van der Waals surface area (Å²) in [6.45, 7) is 2.27. The Kier molecular flexibility index (Phi) is 7.52. The van der Waals surface area contributed by atoms with Crippen LogP contribution in [0.25, 0.3) is 0 Å². The highest BCUT2D eigenvalue weighted by molar-refractivity contribution is 7.92. The monoisotopic (exact) mass is 490 g/mol. The molecule has 4 N–H and O–H groups in total. The van der Waals surface area contributed by atoms with Crippen LogP contribution in [0.1, 0.15) is 17.3 Å². The van der Waals surface area contributed by atoms with Crippen molar-refractivity contribution in [2.75, 3.05) is 21.9 Å². The van der Waals surface area contributed by atoms with E-state index in [0.29, 0.717) is 17.9 Å². The molecule has 0 aromatic heterocycles. The molecule has 172 valence electrons. The second kappa shape index (κ2) is 10.3. The number of amides is 3. The first-order valence-corrected chi connectivity index (χ1v) is 11.6. The quantitative estimate of drug-likeness (QED) is 0.385. The number of halogens is 2. The van der Waals surface area contributed by atoms with Crippen LogP contribution in [0.15, 0.2) is 71.6 Å². The molecule has 0 spiro atoms. The van der Waals surface area contributed by atoms with Gasteiger partial charge in [-0.25, -0.2) is 17.6 Å². The van der Waals surface area contributed by atoms with Crippen molar-refractivity contribution in [1.29, 1.82) is 0 Å². The topological polar surface area (TPSA) is 116 Å². The van der Waals surface area contributed by atoms with Crippen molar-refractivity contribution >= 4 is 50.6 Å². The van der Waals surface area contributed by atoms with E-state index in [1.165, 1.54) is 24.3 Å². The summed E-state index contributed by atoms with van der Waals surface area (Å²) in [6.07, 6.45) is 0. The number of benzene rings is 3. The fraction of sp³-hybridized carbons (Fsp3) is 0.0909. The summed E-state index contributed by atoms with van der Waals surface area (Å²) < 4.78 is 40.6. The Bertz CT molecular complexity index is 1280.